The summed E-state index contributed by atoms with van der Waals surface area (Å²) in [6, 6.07) is 4.45. The van der Waals surface area contributed by atoms with E-state index in [4.69, 9.17) is 0 Å². The predicted molar refractivity (Wildman–Crippen MR) is 47.6 cm³/mol. The molecule has 0 amide bonds. The summed E-state index contributed by atoms with van der Waals surface area (Å²) in [5.41, 5.74) is 0.778. The van der Waals surface area contributed by atoms with Gasteiger partial charge in [0, 0.05) is 6.07 Å². The van der Waals surface area contributed by atoms with Crippen molar-refractivity contribution in [2.45, 2.75) is 6.92 Å². The fourth-order valence-electron chi connectivity index (χ4n) is 1.42. The molecule has 3 heteroatoms. The summed E-state index contributed by atoms with van der Waals surface area (Å²) in [7, 11) is 0. The van der Waals surface area contributed by atoms with E-state index in [-0.39, 0.29) is 5.82 Å². The largest absolute Gasteiger partial charge is 0.619 e. The van der Waals surface area contributed by atoms with Gasteiger partial charge in [-0.2, -0.15) is 4.73 Å². The molecule has 0 unspecified atom stereocenters. The van der Waals surface area contributed by atoms with E-state index in [1.807, 2.05) is 0 Å². The Morgan fingerprint density at radius 3 is 2.92 bits per heavy atom. The summed E-state index contributed by atoms with van der Waals surface area (Å²) < 4.78 is 13.6. The zero-order valence-electron chi connectivity index (χ0n) is 7.12. The Morgan fingerprint density at radius 2 is 2.15 bits per heavy atom. The molecule has 0 aliphatic rings. The van der Waals surface area contributed by atoms with Gasteiger partial charge in [-0.1, -0.05) is 0 Å². The number of aryl methyl sites for hydroxylation is 1. The highest BCUT2D eigenvalue weighted by molar-refractivity contribution is 5.83. The molecule has 0 N–H and O–H groups in total. The number of pyridine rings is 1. The average Bonchev–Trinajstić information content (AvgIpc) is 2.06. The smallest absolute Gasteiger partial charge is 0.188 e. The van der Waals surface area contributed by atoms with E-state index in [9.17, 15) is 9.60 Å². The zero-order chi connectivity index (χ0) is 9.42. The Kier molecular flexibility index (Phi) is 1.65. The number of rotatable bonds is 0. The van der Waals surface area contributed by atoms with Crippen molar-refractivity contribution < 1.29 is 9.12 Å². The second-order valence-electron chi connectivity index (χ2n) is 3.03. The van der Waals surface area contributed by atoms with Gasteiger partial charge in [-0.3, -0.25) is 0 Å². The van der Waals surface area contributed by atoms with E-state index in [0.29, 0.717) is 4.73 Å². The molecule has 0 saturated heterocycles. The molecule has 0 radical (unpaired) electrons. The Labute approximate surface area is 74.8 Å². The minimum Gasteiger partial charge on any atom is -0.619 e. The van der Waals surface area contributed by atoms with Gasteiger partial charge in [0.15, 0.2) is 12.4 Å². The average molecular weight is 177 g/mol. The highest BCUT2D eigenvalue weighted by atomic mass is 19.1. The lowest BCUT2D eigenvalue weighted by molar-refractivity contribution is -0.603. The lowest BCUT2D eigenvalue weighted by Gasteiger charge is -2.01. The van der Waals surface area contributed by atoms with Gasteiger partial charge in [0.1, 0.15) is 5.82 Å². The molecular formula is C10H8FNO. The van der Waals surface area contributed by atoms with Crippen molar-refractivity contribution in [3.63, 3.8) is 0 Å². The van der Waals surface area contributed by atoms with E-state index in [1.165, 1.54) is 24.5 Å². The van der Waals surface area contributed by atoms with Gasteiger partial charge in [0.25, 0.3) is 0 Å². The van der Waals surface area contributed by atoms with Crippen molar-refractivity contribution >= 4 is 10.8 Å². The summed E-state index contributed by atoms with van der Waals surface area (Å²) in [6.45, 7) is 1.78. The van der Waals surface area contributed by atoms with E-state index in [2.05, 4.69) is 0 Å². The predicted octanol–water partition coefficient (Wildman–Crippen LogP) is 1.92. The second kappa shape index (κ2) is 2.69. The van der Waals surface area contributed by atoms with E-state index >= 15 is 0 Å². The second-order valence-corrected chi connectivity index (χ2v) is 3.03. The molecule has 1 aromatic carbocycles. The van der Waals surface area contributed by atoms with E-state index < -0.39 is 0 Å². The quantitative estimate of drug-likeness (QED) is 0.446. The molecule has 66 valence electrons. The molecular weight excluding hydrogens is 169 g/mol. The molecule has 2 aromatic rings. The van der Waals surface area contributed by atoms with Gasteiger partial charge in [-0.25, -0.2) is 4.39 Å². The summed E-state index contributed by atoms with van der Waals surface area (Å²) >= 11 is 0. The molecule has 0 fully saturated rings. The minimum atomic E-state index is -0.270. The third-order valence-corrected chi connectivity index (χ3v) is 2.04. The van der Waals surface area contributed by atoms with Crippen LogP contribution < -0.4 is 4.73 Å². The maximum absolute atomic E-state index is 12.9. The van der Waals surface area contributed by atoms with Gasteiger partial charge < -0.3 is 5.21 Å². The van der Waals surface area contributed by atoms with Gasteiger partial charge in [0.2, 0.25) is 0 Å². The first kappa shape index (κ1) is 7.98. The molecule has 0 spiro atoms. The number of fused-ring (bicyclic) bond motifs is 1. The highest BCUT2D eigenvalue weighted by Gasteiger charge is 2.03. The molecule has 0 atom stereocenters. The first-order chi connectivity index (χ1) is 6.16. The van der Waals surface area contributed by atoms with Crippen LogP contribution in [0.5, 0.6) is 0 Å². The Morgan fingerprint density at radius 1 is 1.38 bits per heavy atom. The third kappa shape index (κ3) is 1.33. The van der Waals surface area contributed by atoms with Crippen molar-refractivity contribution in [1.82, 2.24) is 0 Å². The number of benzene rings is 1. The van der Waals surface area contributed by atoms with Crippen LogP contribution in [0.2, 0.25) is 0 Å². The molecule has 1 heterocycles. The molecule has 13 heavy (non-hydrogen) atoms. The van der Waals surface area contributed by atoms with Crippen molar-refractivity contribution in [1.29, 1.82) is 0 Å². The monoisotopic (exact) mass is 177 g/mol. The SMILES string of the molecule is Cc1cc(F)cc2cc[n+]([O-])cc12. The summed E-state index contributed by atoms with van der Waals surface area (Å²) in [5, 5.41) is 12.5. The fraction of sp³-hybridized carbons (Fsp3) is 0.100. The Balaban J connectivity index is 2.87. The molecule has 0 saturated carbocycles. The number of aromatic nitrogens is 1. The fourth-order valence-corrected chi connectivity index (χ4v) is 1.42. The number of nitrogens with zero attached hydrogens (tertiary/aromatic N) is 1. The normalized spacial score (nSPS) is 10.6. The van der Waals surface area contributed by atoms with Crippen LogP contribution in [0.3, 0.4) is 0 Å². The van der Waals surface area contributed by atoms with Crippen LogP contribution in [0.25, 0.3) is 10.8 Å². The maximum Gasteiger partial charge on any atom is 0.188 e. The first-order valence-electron chi connectivity index (χ1n) is 3.95. The summed E-state index contributed by atoms with van der Waals surface area (Å²) in [4.78, 5) is 0. The lowest BCUT2D eigenvalue weighted by Crippen LogP contribution is -2.23. The van der Waals surface area contributed by atoms with Crippen LogP contribution in [0.4, 0.5) is 4.39 Å². The number of hydrogen-bond donors (Lipinski definition) is 0. The molecule has 2 nitrogen and oxygen atoms in total. The minimum absolute atomic E-state index is 0.270. The van der Waals surface area contributed by atoms with Crippen molar-refractivity contribution in [2.75, 3.05) is 0 Å². The Hall–Kier alpha value is -1.64. The van der Waals surface area contributed by atoms with E-state index in [0.717, 1.165) is 16.3 Å². The molecule has 0 bridgehead atoms. The van der Waals surface area contributed by atoms with Gasteiger partial charge >= 0.3 is 0 Å². The van der Waals surface area contributed by atoms with Gasteiger partial charge in [-0.05, 0) is 30.0 Å². The molecule has 2 rings (SSSR count). The third-order valence-electron chi connectivity index (χ3n) is 2.04. The lowest BCUT2D eigenvalue weighted by atomic mass is 10.1. The topological polar surface area (TPSA) is 26.9 Å². The molecule has 0 aliphatic heterocycles. The van der Waals surface area contributed by atoms with Crippen molar-refractivity contribution in [3.8, 4) is 0 Å². The summed E-state index contributed by atoms with van der Waals surface area (Å²) in [6.07, 6.45) is 2.81. The molecule has 0 aliphatic carbocycles. The zero-order valence-corrected chi connectivity index (χ0v) is 7.12. The van der Waals surface area contributed by atoms with Crippen LogP contribution in [0.1, 0.15) is 5.56 Å². The van der Waals surface area contributed by atoms with Gasteiger partial charge in [0.05, 0.1) is 5.39 Å². The van der Waals surface area contributed by atoms with Crippen molar-refractivity contribution in [2.24, 2.45) is 0 Å². The maximum atomic E-state index is 12.9. The van der Waals surface area contributed by atoms with Gasteiger partial charge in [-0.15, -0.1) is 0 Å². The highest BCUT2D eigenvalue weighted by Crippen LogP contribution is 2.17. The Bertz CT molecular complexity index is 468. The van der Waals surface area contributed by atoms with Crippen LogP contribution in [-0.4, -0.2) is 0 Å². The number of hydrogen-bond acceptors (Lipinski definition) is 1. The van der Waals surface area contributed by atoms with Crippen LogP contribution >= 0.6 is 0 Å². The number of halogens is 1. The van der Waals surface area contributed by atoms with Crippen molar-refractivity contribution in [3.05, 3.63) is 47.2 Å². The summed E-state index contributed by atoms with van der Waals surface area (Å²) in [5.74, 6) is -0.270. The van der Waals surface area contributed by atoms with E-state index in [1.54, 1.807) is 13.0 Å². The first-order valence-corrected chi connectivity index (χ1v) is 3.95. The van der Waals surface area contributed by atoms with Crippen LogP contribution in [0, 0.1) is 17.9 Å². The van der Waals surface area contributed by atoms with Crippen LogP contribution in [0.15, 0.2) is 30.6 Å². The molecule has 1 aromatic heterocycles. The standard InChI is InChI=1S/C10H8FNO/c1-7-4-9(11)5-8-2-3-12(13)6-10(7)8/h2-6H,1H3. The van der Waals surface area contributed by atoms with Crippen LogP contribution in [-0.2, 0) is 0 Å².